The first-order valence-electron chi connectivity index (χ1n) is 6.45. The summed E-state index contributed by atoms with van der Waals surface area (Å²) in [6.07, 6.45) is 6.46. The Hall–Kier alpha value is -0.540. The highest BCUT2D eigenvalue weighted by atomic mass is 35.5. The van der Waals surface area contributed by atoms with E-state index in [-0.39, 0.29) is 6.10 Å². The second-order valence-corrected chi connectivity index (χ2v) is 5.52. The van der Waals surface area contributed by atoms with Gasteiger partial charge < -0.3 is 5.11 Å². The summed E-state index contributed by atoms with van der Waals surface area (Å²) in [4.78, 5) is 0. The van der Waals surface area contributed by atoms with Crippen LogP contribution in [0, 0.1) is 12.8 Å². The second kappa shape index (κ2) is 5.40. The first kappa shape index (κ1) is 12.9. The molecule has 0 radical (unpaired) electrons. The van der Waals surface area contributed by atoms with Crippen molar-refractivity contribution in [2.75, 3.05) is 0 Å². The van der Waals surface area contributed by atoms with E-state index in [4.69, 9.17) is 11.6 Å². The lowest BCUT2D eigenvalue weighted by Gasteiger charge is -2.26. The van der Waals surface area contributed by atoms with Crippen molar-refractivity contribution in [3.8, 4) is 0 Å². The summed E-state index contributed by atoms with van der Waals surface area (Å²) in [5, 5.41) is 15.3. The number of aryl methyl sites for hydroxylation is 2. The van der Waals surface area contributed by atoms with Crippen molar-refractivity contribution < 1.29 is 5.11 Å². The maximum Gasteiger partial charge on any atom is 0.0847 e. The summed E-state index contributed by atoms with van der Waals surface area (Å²) < 4.78 is 1.80. The molecule has 1 aliphatic carbocycles. The van der Waals surface area contributed by atoms with Crippen molar-refractivity contribution in [2.45, 2.75) is 51.6 Å². The van der Waals surface area contributed by atoms with Gasteiger partial charge in [-0.1, -0.05) is 30.9 Å². The van der Waals surface area contributed by atoms with Gasteiger partial charge in [-0.3, -0.25) is 4.68 Å². The Kier molecular flexibility index (Phi) is 4.10. The predicted molar refractivity (Wildman–Crippen MR) is 69.2 cm³/mol. The van der Waals surface area contributed by atoms with Crippen LogP contribution in [-0.4, -0.2) is 21.0 Å². The molecule has 0 aliphatic heterocycles. The Labute approximate surface area is 108 Å². The van der Waals surface area contributed by atoms with Crippen molar-refractivity contribution in [1.29, 1.82) is 0 Å². The number of hydrogen-bond donors (Lipinski definition) is 1. The minimum atomic E-state index is -0.275. The van der Waals surface area contributed by atoms with Gasteiger partial charge in [0, 0.05) is 13.5 Å². The molecule has 0 spiro atoms. The van der Waals surface area contributed by atoms with Gasteiger partial charge in [0.05, 0.1) is 22.5 Å². The first-order valence-corrected chi connectivity index (χ1v) is 6.83. The maximum atomic E-state index is 10.3. The summed E-state index contributed by atoms with van der Waals surface area (Å²) in [6.45, 7) is 1.90. The van der Waals surface area contributed by atoms with Gasteiger partial charge in [-0.2, -0.15) is 5.10 Å². The van der Waals surface area contributed by atoms with Gasteiger partial charge in [-0.25, -0.2) is 0 Å². The maximum absolute atomic E-state index is 10.3. The SMILES string of the molecule is Cc1nn(C)c(CC(O)C2CCCCC2)c1Cl. The monoisotopic (exact) mass is 256 g/mol. The molecule has 96 valence electrons. The highest BCUT2D eigenvalue weighted by Gasteiger charge is 2.24. The lowest BCUT2D eigenvalue weighted by atomic mass is 9.84. The number of aromatic nitrogens is 2. The molecule has 4 heteroatoms. The summed E-state index contributed by atoms with van der Waals surface area (Å²) >= 11 is 6.20. The molecule has 1 aliphatic rings. The van der Waals surface area contributed by atoms with E-state index in [0.29, 0.717) is 17.4 Å². The molecule has 0 saturated heterocycles. The molecule has 1 saturated carbocycles. The fraction of sp³-hybridized carbons (Fsp3) is 0.769. The topological polar surface area (TPSA) is 38.0 Å². The lowest BCUT2D eigenvalue weighted by Crippen LogP contribution is -2.26. The third-order valence-corrected chi connectivity index (χ3v) is 4.35. The minimum Gasteiger partial charge on any atom is -0.392 e. The molecular formula is C13H21ClN2O. The van der Waals surface area contributed by atoms with Crippen LogP contribution < -0.4 is 0 Å². The predicted octanol–water partition coefficient (Wildman–Crippen LogP) is 2.87. The number of aliphatic hydroxyl groups is 1. The van der Waals surface area contributed by atoms with Gasteiger partial charge >= 0.3 is 0 Å². The van der Waals surface area contributed by atoms with Crippen LogP contribution in [0.2, 0.25) is 5.02 Å². The van der Waals surface area contributed by atoms with Crippen molar-refractivity contribution in [1.82, 2.24) is 9.78 Å². The van der Waals surface area contributed by atoms with Gasteiger partial charge in [0.2, 0.25) is 0 Å². The van der Waals surface area contributed by atoms with Crippen molar-refractivity contribution in [2.24, 2.45) is 13.0 Å². The van der Waals surface area contributed by atoms with E-state index in [1.807, 2.05) is 14.0 Å². The highest BCUT2D eigenvalue weighted by Crippen LogP contribution is 2.29. The number of hydrogen-bond acceptors (Lipinski definition) is 2. The zero-order valence-corrected chi connectivity index (χ0v) is 11.4. The van der Waals surface area contributed by atoms with Crippen LogP contribution in [0.4, 0.5) is 0 Å². The van der Waals surface area contributed by atoms with Crippen molar-refractivity contribution in [3.05, 3.63) is 16.4 Å². The van der Waals surface area contributed by atoms with E-state index >= 15 is 0 Å². The molecule has 0 amide bonds. The Bertz CT molecular complexity index is 383. The van der Waals surface area contributed by atoms with Gasteiger partial charge in [-0.15, -0.1) is 0 Å². The molecule has 1 unspecified atom stereocenters. The largest absolute Gasteiger partial charge is 0.392 e. The number of aliphatic hydroxyl groups excluding tert-OH is 1. The molecule has 0 aromatic carbocycles. The summed E-state index contributed by atoms with van der Waals surface area (Å²) in [7, 11) is 1.89. The Morgan fingerprint density at radius 2 is 2.06 bits per heavy atom. The first-order chi connectivity index (χ1) is 8.09. The number of halogens is 1. The summed E-state index contributed by atoms with van der Waals surface area (Å²) in [5.74, 6) is 0.440. The summed E-state index contributed by atoms with van der Waals surface area (Å²) in [6, 6.07) is 0. The van der Waals surface area contributed by atoms with Gasteiger partial charge in [0.15, 0.2) is 0 Å². The molecule has 3 nitrogen and oxygen atoms in total. The van der Waals surface area contributed by atoms with Gasteiger partial charge in [0.25, 0.3) is 0 Å². The van der Waals surface area contributed by atoms with E-state index in [0.717, 1.165) is 24.2 Å². The third kappa shape index (κ3) is 2.83. The van der Waals surface area contributed by atoms with Gasteiger partial charge in [-0.05, 0) is 25.7 Å². The van der Waals surface area contributed by atoms with Crippen LogP contribution >= 0.6 is 11.6 Å². The zero-order chi connectivity index (χ0) is 12.4. The van der Waals surface area contributed by atoms with E-state index in [1.165, 1.54) is 19.3 Å². The van der Waals surface area contributed by atoms with E-state index in [2.05, 4.69) is 5.10 Å². The number of rotatable bonds is 3. The average molecular weight is 257 g/mol. The molecule has 1 aromatic rings. The minimum absolute atomic E-state index is 0.275. The molecule has 1 aromatic heterocycles. The molecule has 2 rings (SSSR count). The van der Waals surface area contributed by atoms with E-state index in [1.54, 1.807) is 4.68 Å². The zero-order valence-electron chi connectivity index (χ0n) is 10.6. The molecule has 1 heterocycles. The third-order valence-electron chi connectivity index (χ3n) is 3.86. The Morgan fingerprint density at radius 3 is 2.59 bits per heavy atom. The van der Waals surface area contributed by atoms with Crippen LogP contribution in [0.3, 0.4) is 0 Å². The van der Waals surface area contributed by atoms with E-state index in [9.17, 15) is 5.11 Å². The highest BCUT2D eigenvalue weighted by molar-refractivity contribution is 6.31. The molecule has 0 bridgehead atoms. The quantitative estimate of drug-likeness (QED) is 0.903. The Balaban J connectivity index is 2.04. The average Bonchev–Trinajstić information content (AvgIpc) is 2.57. The molecule has 1 N–H and O–H groups in total. The van der Waals surface area contributed by atoms with Crippen molar-refractivity contribution >= 4 is 11.6 Å². The van der Waals surface area contributed by atoms with Crippen molar-refractivity contribution in [3.63, 3.8) is 0 Å². The smallest absolute Gasteiger partial charge is 0.0847 e. The van der Waals surface area contributed by atoms with Crippen LogP contribution in [0.15, 0.2) is 0 Å². The molecule has 17 heavy (non-hydrogen) atoms. The van der Waals surface area contributed by atoms with Crippen LogP contribution in [0.25, 0.3) is 0 Å². The standard InChI is InChI=1S/C13H21ClN2O/c1-9-13(14)11(16(2)15-9)8-12(17)10-6-4-3-5-7-10/h10,12,17H,3-8H2,1-2H3. The van der Waals surface area contributed by atoms with Crippen LogP contribution in [-0.2, 0) is 13.5 Å². The normalized spacial score (nSPS) is 19.5. The fourth-order valence-corrected chi connectivity index (χ4v) is 3.02. The number of nitrogens with zero attached hydrogens (tertiary/aromatic N) is 2. The van der Waals surface area contributed by atoms with Crippen LogP contribution in [0.5, 0.6) is 0 Å². The molecule has 1 fully saturated rings. The lowest BCUT2D eigenvalue weighted by molar-refractivity contribution is 0.0835. The summed E-state index contributed by atoms with van der Waals surface area (Å²) in [5.41, 5.74) is 1.81. The molecular weight excluding hydrogens is 236 g/mol. The Morgan fingerprint density at radius 1 is 1.41 bits per heavy atom. The second-order valence-electron chi connectivity index (χ2n) is 5.14. The fourth-order valence-electron chi connectivity index (χ4n) is 2.79. The van der Waals surface area contributed by atoms with Gasteiger partial charge in [0.1, 0.15) is 0 Å². The molecule has 1 atom stereocenters. The van der Waals surface area contributed by atoms with Crippen LogP contribution in [0.1, 0.15) is 43.5 Å². The van der Waals surface area contributed by atoms with E-state index < -0.39 is 0 Å².